The molecule has 0 bridgehead atoms. The molecule has 0 aliphatic rings. The van der Waals surface area contributed by atoms with Gasteiger partial charge >= 0.3 is 0 Å². The lowest BCUT2D eigenvalue weighted by molar-refractivity contribution is 0.391. The molecule has 1 nitrogen and oxygen atoms in total. The Bertz CT molecular complexity index is 291. The van der Waals surface area contributed by atoms with Crippen LogP contribution in [-0.4, -0.2) is 6.54 Å². The van der Waals surface area contributed by atoms with Crippen LogP contribution in [0.25, 0.3) is 0 Å². The van der Waals surface area contributed by atoms with E-state index in [1.165, 1.54) is 12.0 Å². The molecule has 0 amide bonds. The Labute approximate surface area is 93.0 Å². The Morgan fingerprint density at radius 1 is 1.33 bits per heavy atom. The van der Waals surface area contributed by atoms with Crippen molar-refractivity contribution in [3.05, 3.63) is 48.6 Å². The van der Waals surface area contributed by atoms with Crippen LogP contribution in [0, 0.1) is 5.41 Å². The number of benzene rings is 1. The van der Waals surface area contributed by atoms with Crippen LogP contribution in [0.15, 0.2) is 43.0 Å². The molecule has 0 saturated carbocycles. The first-order valence-corrected chi connectivity index (χ1v) is 5.58. The Kier molecular flexibility index (Phi) is 4.57. The molecular formula is C14H21N. The summed E-state index contributed by atoms with van der Waals surface area (Å²) >= 11 is 0. The smallest absolute Gasteiger partial charge is 0.00114 e. The van der Waals surface area contributed by atoms with E-state index < -0.39 is 0 Å². The Morgan fingerprint density at radius 3 is 2.53 bits per heavy atom. The predicted molar refractivity (Wildman–Crippen MR) is 66.7 cm³/mol. The number of hydrogen-bond donors (Lipinski definition) is 1. The fourth-order valence-electron chi connectivity index (χ4n) is 1.63. The summed E-state index contributed by atoms with van der Waals surface area (Å²) in [4.78, 5) is 0. The van der Waals surface area contributed by atoms with Crippen molar-refractivity contribution >= 4 is 0 Å². The molecule has 1 heteroatoms. The maximum Gasteiger partial charge on any atom is 0.00114 e. The molecule has 0 aliphatic heterocycles. The van der Waals surface area contributed by atoms with Crippen LogP contribution in [0.5, 0.6) is 0 Å². The summed E-state index contributed by atoms with van der Waals surface area (Å²) in [5.74, 6) is 0. The van der Waals surface area contributed by atoms with Crippen LogP contribution in [0.3, 0.4) is 0 Å². The minimum atomic E-state index is 0.106. The number of rotatable bonds is 6. The Balaban J connectivity index is 2.36. The molecule has 1 aromatic carbocycles. The van der Waals surface area contributed by atoms with Gasteiger partial charge < -0.3 is 5.73 Å². The molecule has 15 heavy (non-hydrogen) atoms. The Hall–Kier alpha value is -1.08. The van der Waals surface area contributed by atoms with Crippen LogP contribution in [-0.2, 0) is 6.42 Å². The molecule has 1 unspecified atom stereocenters. The SMILES string of the molecule is C=CC(C)(CN)CCCc1ccccc1. The summed E-state index contributed by atoms with van der Waals surface area (Å²) in [5.41, 5.74) is 7.24. The van der Waals surface area contributed by atoms with Crippen molar-refractivity contribution in [1.82, 2.24) is 0 Å². The normalized spacial score (nSPS) is 14.5. The second-order valence-corrected chi connectivity index (χ2v) is 4.40. The van der Waals surface area contributed by atoms with Gasteiger partial charge in [0, 0.05) is 6.54 Å². The lowest BCUT2D eigenvalue weighted by atomic mass is 9.85. The van der Waals surface area contributed by atoms with Gasteiger partial charge in [0.05, 0.1) is 0 Å². The van der Waals surface area contributed by atoms with E-state index in [4.69, 9.17) is 5.73 Å². The van der Waals surface area contributed by atoms with Crippen LogP contribution in [0.2, 0.25) is 0 Å². The molecule has 2 N–H and O–H groups in total. The van der Waals surface area contributed by atoms with E-state index in [0.29, 0.717) is 6.54 Å². The minimum Gasteiger partial charge on any atom is -0.330 e. The van der Waals surface area contributed by atoms with E-state index in [1.54, 1.807) is 0 Å². The fraction of sp³-hybridized carbons (Fsp3) is 0.429. The van der Waals surface area contributed by atoms with Gasteiger partial charge in [0.15, 0.2) is 0 Å². The van der Waals surface area contributed by atoms with E-state index in [-0.39, 0.29) is 5.41 Å². The summed E-state index contributed by atoms with van der Waals surface area (Å²) in [6.07, 6.45) is 5.40. The average molecular weight is 203 g/mol. The second-order valence-electron chi connectivity index (χ2n) is 4.40. The van der Waals surface area contributed by atoms with Crippen LogP contribution < -0.4 is 5.73 Å². The minimum absolute atomic E-state index is 0.106. The number of nitrogens with two attached hydrogens (primary N) is 1. The summed E-state index contributed by atoms with van der Waals surface area (Å²) in [6, 6.07) is 10.6. The van der Waals surface area contributed by atoms with Crippen molar-refractivity contribution in [2.75, 3.05) is 6.54 Å². The van der Waals surface area contributed by atoms with Crippen molar-refractivity contribution in [2.24, 2.45) is 11.1 Å². The van der Waals surface area contributed by atoms with Crippen molar-refractivity contribution in [3.8, 4) is 0 Å². The highest BCUT2D eigenvalue weighted by Gasteiger charge is 2.16. The van der Waals surface area contributed by atoms with Gasteiger partial charge in [-0.3, -0.25) is 0 Å². The molecule has 1 atom stereocenters. The van der Waals surface area contributed by atoms with Gasteiger partial charge in [-0.05, 0) is 30.2 Å². The third kappa shape index (κ3) is 3.88. The van der Waals surface area contributed by atoms with E-state index in [1.807, 2.05) is 6.08 Å². The zero-order chi connectivity index (χ0) is 11.1. The van der Waals surface area contributed by atoms with Gasteiger partial charge in [-0.25, -0.2) is 0 Å². The lowest BCUT2D eigenvalue weighted by Crippen LogP contribution is -2.24. The highest BCUT2D eigenvalue weighted by atomic mass is 14.6. The summed E-state index contributed by atoms with van der Waals surface area (Å²) in [6.45, 7) is 6.71. The molecular weight excluding hydrogens is 182 g/mol. The highest BCUT2D eigenvalue weighted by Crippen LogP contribution is 2.23. The van der Waals surface area contributed by atoms with E-state index in [0.717, 1.165) is 12.8 Å². The first-order chi connectivity index (χ1) is 7.20. The van der Waals surface area contributed by atoms with Crippen molar-refractivity contribution < 1.29 is 0 Å². The molecule has 0 aromatic heterocycles. The van der Waals surface area contributed by atoms with Gasteiger partial charge in [-0.15, -0.1) is 6.58 Å². The van der Waals surface area contributed by atoms with Crippen molar-refractivity contribution in [3.63, 3.8) is 0 Å². The standard InChI is InChI=1S/C14H21N/c1-3-14(2,12-15)11-7-10-13-8-5-4-6-9-13/h3-6,8-9H,1,7,10-12,15H2,2H3. The quantitative estimate of drug-likeness (QED) is 0.706. The van der Waals surface area contributed by atoms with Gasteiger partial charge in [0.25, 0.3) is 0 Å². The summed E-state index contributed by atoms with van der Waals surface area (Å²) < 4.78 is 0. The zero-order valence-electron chi connectivity index (χ0n) is 9.58. The average Bonchev–Trinajstić information content (AvgIpc) is 2.30. The maximum absolute atomic E-state index is 5.73. The van der Waals surface area contributed by atoms with Crippen LogP contribution >= 0.6 is 0 Å². The fourth-order valence-corrected chi connectivity index (χ4v) is 1.63. The summed E-state index contributed by atoms with van der Waals surface area (Å²) in [7, 11) is 0. The molecule has 1 rings (SSSR count). The van der Waals surface area contributed by atoms with E-state index >= 15 is 0 Å². The molecule has 1 aromatic rings. The molecule has 0 radical (unpaired) electrons. The van der Waals surface area contributed by atoms with E-state index in [2.05, 4.69) is 43.8 Å². The van der Waals surface area contributed by atoms with Crippen molar-refractivity contribution in [1.29, 1.82) is 0 Å². The maximum atomic E-state index is 5.73. The monoisotopic (exact) mass is 203 g/mol. The number of hydrogen-bond acceptors (Lipinski definition) is 1. The topological polar surface area (TPSA) is 26.0 Å². The van der Waals surface area contributed by atoms with E-state index in [9.17, 15) is 0 Å². The predicted octanol–water partition coefficient (Wildman–Crippen LogP) is 3.16. The molecule has 82 valence electrons. The first-order valence-electron chi connectivity index (χ1n) is 5.58. The van der Waals surface area contributed by atoms with Crippen LogP contribution in [0.4, 0.5) is 0 Å². The van der Waals surface area contributed by atoms with Crippen LogP contribution in [0.1, 0.15) is 25.3 Å². The molecule has 0 aliphatic carbocycles. The largest absolute Gasteiger partial charge is 0.330 e. The third-order valence-corrected chi connectivity index (χ3v) is 3.02. The molecule has 0 heterocycles. The highest BCUT2D eigenvalue weighted by molar-refractivity contribution is 5.14. The lowest BCUT2D eigenvalue weighted by Gasteiger charge is -2.23. The zero-order valence-corrected chi connectivity index (χ0v) is 9.58. The summed E-state index contributed by atoms with van der Waals surface area (Å²) in [5, 5.41) is 0. The Morgan fingerprint density at radius 2 is 2.00 bits per heavy atom. The van der Waals surface area contributed by atoms with Gasteiger partial charge in [0.2, 0.25) is 0 Å². The first kappa shape index (κ1) is 12.0. The molecule has 0 spiro atoms. The molecule has 0 fully saturated rings. The van der Waals surface area contributed by atoms with Crippen molar-refractivity contribution in [2.45, 2.75) is 26.2 Å². The molecule has 0 saturated heterocycles. The van der Waals surface area contributed by atoms with Gasteiger partial charge in [-0.1, -0.05) is 43.3 Å². The third-order valence-electron chi connectivity index (χ3n) is 3.02. The second kappa shape index (κ2) is 5.72. The van der Waals surface area contributed by atoms with Gasteiger partial charge in [-0.2, -0.15) is 0 Å². The number of aryl methyl sites for hydroxylation is 1. The van der Waals surface area contributed by atoms with Gasteiger partial charge in [0.1, 0.15) is 0 Å².